The maximum atomic E-state index is 12.0. The number of anilines is 1. The Balaban J connectivity index is 2.89. The fourth-order valence-corrected chi connectivity index (χ4v) is 1.67. The molecule has 0 aliphatic heterocycles. The van der Waals surface area contributed by atoms with Crippen LogP contribution >= 0.6 is 0 Å². The van der Waals surface area contributed by atoms with E-state index in [-0.39, 0.29) is 11.6 Å². The minimum absolute atomic E-state index is 0.0810. The van der Waals surface area contributed by atoms with Crippen LogP contribution in [0.5, 0.6) is 0 Å². The van der Waals surface area contributed by atoms with E-state index in [9.17, 15) is 4.79 Å². The number of hydrogen-bond donors (Lipinski definition) is 1. The number of rotatable bonds is 1. The molecule has 0 spiro atoms. The van der Waals surface area contributed by atoms with Gasteiger partial charge in [-0.25, -0.2) is 4.79 Å². The summed E-state index contributed by atoms with van der Waals surface area (Å²) in [5.74, 6) is 0. The lowest BCUT2D eigenvalue weighted by Crippen LogP contribution is -2.47. The summed E-state index contributed by atoms with van der Waals surface area (Å²) in [6.45, 7) is 9.98. The Morgan fingerprint density at radius 2 is 1.59 bits per heavy atom. The maximum absolute atomic E-state index is 12.0. The molecule has 0 saturated carbocycles. The molecule has 0 aromatic heterocycles. The quantitative estimate of drug-likeness (QED) is 0.795. The maximum Gasteiger partial charge on any atom is 0.322 e. The molecule has 0 aliphatic carbocycles. The van der Waals surface area contributed by atoms with Crippen LogP contribution in [0, 0.1) is 13.8 Å². The zero-order valence-electron chi connectivity index (χ0n) is 11.6. The molecule has 1 rings (SSSR count). The molecule has 1 aromatic carbocycles. The SMILES string of the molecule is Cc1cc(C)cc(N(C)C(=O)NC(C)(C)C)c1. The Hall–Kier alpha value is -1.51. The van der Waals surface area contributed by atoms with Gasteiger partial charge in [0.05, 0.1) is 0 Å². The number of nitrogens with one attached hydrogen (secondary N) is 1. The zero-order valence-corrected chi connectivity index (χ0v) is 11.6. The van der Waals surface area contributed by atoms with E-state index in [1.54, 1.807) is 11.9 Å². The molecule has 94 valence electrons. The van der Waals surface area contributed by atoms with Crippen molar-refractivity contribution in [3.63, 3.8) is 0 Å². The van der Waals surface area contributed by atoms with Crippen LogP contribution in [0.3, 0.4) is 0 Å². The van der Waals surface area contributed by atoms with Crippen molar-refractivity contribution >= 4 is 11.7 Å². The van der Waals surface area contributed by atoms with E-state index in [1.165, 1.54) is 0 Å². The summed E-state index contributed by atoms with van der Waals surface area (Å²) in [4.78, 5) is 13.6. The first-order valence-electron chi connectivity index (χ1n) is 5.83. The molecule has 0 heterocycles. The molecular weight excluding hydrogens is 212 g/mol. The first kappa shape index (κ1) is 13.6. The second-order valence-electron chi connectivity index (χ2n) is 5.59. The smallest absolute Gasteiger partial charge is 0.322 e. The number of urea groups is 1. The predicted molar refractivity (Wildman–Crippen MR) is 72.6 cm³/mol. The third kappa shape index (κ3) is 4.10. The number of nitrogens with zero attached hydrogens (tertiary/aromatic N) is 1. The number of benzene rings is 1. The highest BCUT2D eigenvalue weighted by atomic mass is 16.2. The normalized spacial score (nSPS) is 11.2. The monoisotopic (exact) mass is 234 g/mol. The van der Waals surface area contributed by atoms with Gasteiger partial charge in [-0.3, -0.25) is 4.90 Å². The lowest BCUT2D eigenvalue weighted by atomic mass is 10.1. The Labute approximate surface area is 104 Å². The average Bonchev–Trinajstić information content (AvgIpc) is 2.12. The van der Waals surface area contributed by atoms with Gasteiger partial charge < -0.3 is 5.32 Å². The van der Waals surface area contributed by atoms with Crippen LogP contribution in [0.1, 0.15) is 31.9 Å². The van der Waals surface area contributed by atoms with Gasteiger partial charge in [0.15, 0.2) is 0 Å². The molecule has 0 saturated heterocycles. The van der Waals surface area contributed by atoms with Crippen molar-refractivity contribution in [3.05, 3.63) is 29.3 Å². The molecule has 0 unspecified atom stereocenters. The van der Waals surface area contributed by atoms with Gasteiger partial charge in [0.2, 0.25) is 0 Å². The van der Waals surface area contributed by atoms with E-state index in [0.717, 1.165) is 16.8 Å². The van der Waals surface area contributed by atoms with Crippen molar-refractivity contribution in [1.29, 1.82) is 0 Å². The van der Waals surface area contributed by atoms with Crippen LogP contribution in [0.4, 0.5) is 10.5 Å². The van der Waals surface area contributed by atoms with Crippen LogP contribution < -0.4 is 10.2 Å². The van der Waals surface area contributed by atoms with Gasteiger partial charge in [-0.05, 0) is 57.9 Å². The third-order valence-electron chi connectivity index (χ3n) is 2.38. The number of amides is 2. The standard InChI is InChI=1S/C14H22N2O/c1-10-7-11(2)9-12(8-10)16(6)13(17)15-14(3,4)5/h7-9H,1-6H3,(H,15,17). The molecule has 0 bridgehead atoms. The number of hydrogen-bond acceptors (Lipinski definition) is 1. The number of carbonyl (C=O) groups excluding carboxylic acids is 1. The van der Waals surface area contributed by atoms with E-state index in [2.05, 4.69) is 11.4 Å². The summed E-state index contributed by atoms with van der Waals surface area (Å²) >= 11 is 0. The van der Waals surface area contributed by atoms with Crippen LogP contribution in [0.15, 0.2) is 18.2 Å². The zero-order chi connectivity index (χ0) is 13.2. The van der Waals surface area contributed by atoms with Crippen molar-refractivity contribution in [2.45, 2.75) is 40.2 Å². The molecule has 0 radical (unpaired) electrons. The van der Waals surface area contributed by atoms with Crippen molar-refractivity contribution in [1.82, 2.24) is 5.32 Å². The van der Waals surface area contributed by atoms with Gasteiger partial charge in [-0.1, -0.05) is 6.07 Å². The van der Waals surface area contributed by atoms with Crippen molar-refractivity contribution in [2.24, 2.45) is 0 Å². The first-order valence-corrected chi connectivity index (χ1v) is 5.83. The predicted octanol–water partition coefficient (Wildman–Crippen LogP) is 3.25. The molecule has 17 heavy (non-hydrogen) atoms. The molecule has 0 fully saturated rings. The van der Waals surface area contributed by atoms with E-state index < -0.39 is 0 Å². The summed E-state index contributed by atoms with van der Waals surface area (Å²) in [6, 6.07) is 6.03. The van der Waals surface area contributed by atoms with Crippen LogP contribution in [-0.4, -0.2) is 18.6 Å². The molecule has 0 atom stereocenters. The third-order valence-corrected chi connectivity index (χ3v) is 2.38. The Kier molecular flexibility index (Phi) is 3.81. The summed E-state index contributed by atoms with van der Waals surface area (Å²) in [5.41, 5.74) is 3.03. The van der Waals surface area contributed by atoms with Gasteiger partial charge in [0, 0.05) is 18.3 Å². The van der Waals surface area contributed by atoms with E-state index in [4.69, 9.17) is 0 Å². The minimum atomic E-state index is -0.218. The van der Waals surface area contributed by atoms with Crippen molar-refractivity contribution < 1.29 is 4.79 Å². The fraction of sp³-hybridized carbons (Fsp3) is 0.500. The Morgan fingerprint density at radius 3 is 2.00 bits per heavy atom. The molecular formula is C14H22N2O. The average molecular weight is 234 g/mol. The van der Waals surface area contributed by atoms with Gasteiger partial charge in [-0.2, -0.15) is 0 Å². The molecule has 3 nitrogen and oxygen atoms in total. The molecule has 0 aliphatic rings. The van der Waals surface area contributed by atoms with E-state index in [1.807, 2.05) is 46.8 Å². The van der Waals surface area contributed by atoms with Gasteiger partial charge in [0.25, 0.3) is 0 Å². The summed E-state index contributed by atoms with van der Waals surface area (Å²) < 4.78 is 0. The number of carbonyl (C=O) groups is 1. The molecule has 3 heteroatoms. The van der Waals surface area contributed by atoms with E-state index in [0.29, 0.717) is 0 Å². The van der Waals surface area contributed by atoms with Crippen molar-refractivity contribution in [3.8, 4) is 0 Å². The second kappa shape index (κ2) is 4.78. The van der Waals surface area contributed by atoms with Crippen LogP contribution in [-0.2, 0) is 0 Å². The second-order valence-corrected chi connectivity index (χ2v) is 5.59. The van der Waals surface area contributed by atoms with Gasteiger partial charge >= 0.3 is 6.03 Å². The van der Waals surface area contributed by atoms with E-state index >= 15 is 0 Å². The highest BCUT2D eigenvalue weighted by molar-refractivity contribution is 5.92. The lowest BCUT2D eigenvalue weighted by molar-refractivity contribution is 0.239. The Morgan fingerprint density at radius 1 is 1.12 bits per heavy atom. The van der Waals surface area contributed by atoms with Crippen LogP contribution in [0.2, 0.25) is 0 Å². The molecule has 1 N–H and O–H groups in total. The van der Waals surface area contributed by atoms with Gasteiger partial charge in [0.1, 0.15) is 0 Å². The Bertz CT molecular complexity index is 398. The first-order chi connectivity index (χ1) is 7.69. The minimum Gasteiger partial charge on any atom is -0.333 e. The summed E-state index contributed by atoms with van der Waals surface area (Å²) in [7, 11) is 1.79. The molecule has 2 amide bonds. The highest BCUT2D eigenvalue weighted by Gasteiger charge is 2.18. The summed E-state index contributed by atoms with van der Waals surface area (Å²) in [5, 5.41) is 2.94. The fourth-order valence-electron chi connectivity index (χ4n) is 1.67. The lowest BCUT2D eigenvalue weighted by Gasteiger charge is -2.26. The van der Waals surface area contributed by atoms with Crippen molar-refractivity contribution in [2.75, 3.05) is 11.9 Å². The largest absolute Gasteiger partial charge is 0.333 e. The number of aryl methyl sites for hydroxylation is 2. The summed E-state index contributed by atoms with van der Waals surface area (Å²) in [6.07, 6.45) is 0. The molecule has 1 aromatic rings. The topological polar surface area (TPSA) is 32.3 Å². The highest BCUT2D eigenvalue weighted by Crippen LogP contribution is 2.18. The van der Waals surface area contributed by atoms with Gasteiger partial charge in [-0.15, -0.1) is 0 Å². The van der Waals surface area contributed by atoms with Crippen LogP contribution in [0.25, 0.3) is 0 Å².